The van der Waals surface area contributed by atoms with Crippen LogP contribution in [0.4, 0.5) is 14.6 Å². The second-order valence-corrected chi connectivity index (χ2v) is 9.99. The summed E-state index contributed by atoms with van der Waals surface area (Å²) >= 11 is 1.47. The van der Waals surface area contributed by atoms with E-state index in [1.54, 1.807) is 6.07 Å². The predicted octanol–water partition coefficient (Wildman–Crippen LogP) is 3.57. The molecule has 0 radical (unpaired) electrons. The lowest BCUT2D eigenvalue weighted by molar-refractivity contribution is -0.113. The van der Waals surface area contributed by atoms with Gasteiger partial charge in [0.15, 0.2) is 5.82 Å². The lowest BCUT2D eigenvalue weighted by Crippen LogP contribution is -2.52. The van der Waals surface area contributed by atoms with Crippen LogP contribution in [0.1, 0.15) is 17.7 Å². The Morgan fingerprint density at radius 3 is 2.84 bits per heavy atom. The fourth-order valence-electron chi connectivity index (χ4n) is 4.68. The number of ether oxygens (including phenoxy) is 1. The zero-order valence-electron chi connectivity index (χ0n) is 20.6. The van der Waals surface area contributed by atoms with Crippen molar-refractivity contribution in [3.05, 3.63) is 53.4 Å². The van der Waals surface area contributed by atoms with E-state index >= 15 is 0 Å². The van der Waals surface area contributed by atoms with Crippen LogP contribution in [-0.4, -0.2) is 70.5 Å². The van der Waals surface area contributed by atoms with Crippen molar-refractivity contribution >= 4 is 59.2 Å². The Bertz CT molecular complexity index is 1310. The Kier molecular flexibility index (Phi) is 10.5. The Balaban J connectivity index is 0.00000200. The minimum absolute atomic E-state index is 0. The van der Waals surface area contributed by atoms with Gasteiger partial charge >= 0.3 is 0 Å². The van der Waals surface area contributed by atoms with Gasteiger partial charge in [-0.1, -0.05) is 0 Å². The summed E-state index contributed by atoms with van der Waals surface area (Å²) in [5, 5.41) is 17.3. The average molecular weight is 589 g/mol. The highest BCUT2D eigenvalue weighted by molar-refractivity contribution is 8.00. The summed E-state index contributed by atoms with van der Waals surface area (Å²) in [6.07, 6.45) is 1.51. The number of β-amino-alcohol motifs (C(OH)–C–C–N with tert-alkyl or cyclic N) is 1. The predicted molar refractivity (Wildman–Crippen MR) is 148 cm³/mol. The van der Waals surface area contributed by atoms with Crippen molar-refractivity contribution in [2.45, 2.75) is 36.4 Å². The van der Waals surface area contributed by atoms with Crippen molar-refractivity contribution in [2.24, 2.45) is 0 Å². The molecule has 3 aromatic rings. The lowest BCUT2D eigenvalue weighted by atomic mass is 10.00. The van der Waals surface area contributed by atoms with Crippen molar-refractivity contribution in [1.82, 2.24) is 20.2 Å². The molecular formula is C25H29Cl2F2N5O3S. The monoisotopic (exact) mass is 587 g/mol. The molecule has 0 saturated carbocycles. The van der Waals surface area contributed by atoms with E-state index in [1.807, 2.05) is 12.1 Å². The molecule has 38 heavy (non-hydrogen) atoms. The summed E-state index contributed by atoms with van der Waals surface area (Å²) in [7, 11) is 1.44. The Hall–Kier alpha value is -2.28. The highest BCUT2D eigenvalue weighted by Gasteiger charge is 2.28. The molecular weight excluding hydrogens is 559 g/mol. The molecule has 1 fully saturated rings. The zero-order chi connectivity index (χ0) is 25.2. The molecule has 2 aromatic heterocycles. The summed E-state index contributed by atoms with van der Waals surface area (Å²) < 4.78 is 34.2. The van der Waals surface area contributed by atoms with Crippen LogP contribution in [0.3, 0.4) is 0 Å². The van der Waals surface area contributed by atoms with Crippen LogP contribution in [0.5, 0.6) is 5.75 Å². The molecule has 0 aliphatic carbocycles. The molecule has 4 heterocycles. The second kappa shape index (κ2) is 13.2. The van der Waals surface area contributed by atoms with E-state index in [-0.39, 0.29) is 42.3 Å². The molecule has 0 bridgehead atoms. The Morgan fingerprint density at radius 2 is 2.08 bits per heavy atom. The lowest BCUT2D eigenvalue weighted by Gasteiger charge is -2.36. The number of carbonyl (C=O) groups excluding carboxylic acids is 1. The SMILES string of the molecule is COc1cc(F)c2ncc(F)c(CCN3CC[C@H](NCc4ccc5c(n4)NC(=O)CS5)[C@H](O)C3)c2c1.Cl.Cl. The van der Waals surface area contributed by atoms with Gasteiger partial charge in [0, 0.05) is 42.7 Å². The maximum atomic E-state index is 14.6. The molecule has 0 spiro atoms. The van der Waals surface area contributed by atoms with E-state index in [1.165, 1.54) is 24.9 Å². The minimum Gasteiger partial charge on any atom is -0.497 e. The van der Waals surface area contributed by atoms with Crippen molar-refractivity contribution in [3.8, 4) is 5.75 Å². The molecule has 5 rings (SSSR count). The highest BCUT2D eigenvalue weighted by atomic mass is 35.5. The Morgan fingerprint density at radius 1 is 1.26 bits per heavy atom. The fraction of sp³-hybridized carbons (Fsp3) is 0.400. The molecule has 13 heteroatoms. The van der Waals surface area contributed by atoms with Gasteiger partial charge in [0.2, 0.25) is 5.91 Å². The summed E-state index contributed by atoms with van der Waals surface area (Å²) in [5.41, 5.74) is 1.29. The zero-order valence-corrected chi connectivity index (χ0v) is 23.0. The number of aromatic nitrogens is 2. The number of carbonyl (C=O) groups is 1. The van der Waals surface area contributed by atoms with Crippen LogP contribution in [0.2, 0.25) is 0 Å². The molecule has 1 aromatic carbocycles. The van der Waals surface area contributed by atoms with Crippen molar-refractivity contribution < 1.29 is 23.4 Å². The maximum Gasteiger partial charge on any atom is 0.235 e. The molecule has 206 valence electrons. The summed E-state index contributed by atoms with van der Waals surface area (Å²) in [6, 6.07) is 6.60. The highest BCUT2D eigenvalue weighted by Crippen LogP contribution is 2.30. The van der Waals surface area contributed by atoms with Crippen LogP contribution in [0.15, 0.2) is 35.4 Å². The van der Waals surface area contributed by atoms with Gasteiger partial charge < -0.3 is 25.4 Å². The largest absolute Gasteiger partial charge is 0.497 e. The fourth-order valence-corrected chi connectivity index (χ4v) is 5.44. The molecule has 8 nitrogen and oxygen atoms in total. The number of aliphatic hydroxyl groups is 1. The van der Waals surface area contributed by atoms with Crippen LogP contribution >= 0.6 is 36.6 Å². The number of benzene rings is 1. The van der Waals surface area contributed by atoms with Gasteiger partial charge in [0.1, 0.15) is 22.9 Å². The summed E-state index contributed by atoms with van der Waals surface area (Å²) in [6.45, 7) is 2.14. The molecule has 3 N–H and O–H groups in total. The number of amides is 1. The van der Waals surface area contributed by atoms with E-state index < -0.39 is 17.7 Å². The number of anilines is 1. The average Bonchev–Trinajstić information content (AvgIpc) is 2.87. The third-order valence-electron chi connectivity index (χ3n) is 6.61. The third-order valence-corrected chi connectivity index (χ3v) is 7.66. The van der Waals surface area contributed by atoms with E-state index in [9.17, 15) is 18.7 Å². The second-order valence-electron chi connectivity index (χ2n) is 8.97. The van der Waals surface area contributed by atoms with Gasteiger partial charge in [-0.3, -0.25) is 9.78 Å². The first-order valence-electron chi connectivity index (χ1n) is 11.8. The molecule has 1 saturated heterocycles. The number of halogens is 4. The number of thioether (sulfide) groups is 1. The number of hydrogen-bond acceptors (Lipinski definition) is 8. The van der Waals surface area contributed by atoms with Gasteiger partial charge in [-0.25, -0.2) is 13.8 Å². The summed E-state index contributed by atoms with van der Waals surface area (Å²) in [4.78, 5) is 23.1. The van der Waals surface area contributed by atoms with E-state index in [0.29, 0.717) is 60.7 Å². The minimum atomic E-state index is -0.608. The number of rotatable bonds is 7. The smallest absolute Gasteiger partial charge is 0.235 e. The number of likely N-dealkylation sites (tertiary alicyclic amines) is 1. The molecule has 2 atom stereocenters. The van der Waals surface area contributed by atoms with Gasteiger partial charge in [0.25, 0.3) is 0 Å². The number of hydrogen-bond donors (Lipinski definition) is 3. The third kappa shape index (κ3) is 6.64. The topological polar surface area (TPSA) is 99.6 Å². The van der Waals surface area contributed by atoms with Crippen molar-refractivity contribution in [1.29, 1.82) is 0 Å². The Labute approximate surface area is 235 Å². The molecule has 2 aliphatic heterocycles. The van der Waals surface area contributed by atoms with Crippen LogP contribution in [-0.2, 0) is 17.8 Å². The first-order valence-corrected chi connectivity index (χ1v) is 12.8. The number of fused-ring (bicyclic) bond motifs is 2. The standard InChI is InChI=1S/C25H27F2N5O3S.2ClH/c1-35-15-8-17-16(19(27)11-29-24(17)18(26)9-15)4-6-32-7-5-20(21(33)12-32)28-10-14-2-3-22-25(30-14)31-23(34)13-36-22;;/h2-3,8-9,11,20-21,28,33H,4-7,10,12-13H2,1H3,(H,30,31,34);2*1H/t20-,21+;;/m0../s1. The quantitative estimate of drug-likeness (QED) is 0.386. The number of nitrogens with zero attached hydrogens (tertiary/aromatic N) is 3. The molecule has 2 aliphatic rings. The number of pyridine rings is 2. The number of aliphatic hydroxyl groups excluding tert-OH is 1. The van der Waals surface area contributed by atoms with Crippen LogP contribution < -0.4 is 15.4 Å². The molecule has 0 unspecified atom stereocenters. The maximum absolute atomic E-state index is 14.6. The van der Waals surface area contributed by atoms with Crippen molar-refractivity contribution in [2.75, 3.05) is 37.8 Å². The van der Waals surface area contributed by atoms with E-state index in [4.69, 9.17) is 4.74 Å². The number of methoxy groups -OCH3 is 1. The first-order chi connectivity index (χ1) is 17.4. The first kappa shape index (κ1) is 30.3. The number of nitrogens with one attached hydrogen (secondary N) is 2. The van der Waals surface area contributed by atoms with Crippen LogP contribution in [0, 0.1) is 11.6 Å². The van der Waals surface area contributed by atoms with E-state index in [0.717, 1.165) is 23.3 Å². The van der Waals surface area contributed by atoms with Crippen LogP contribution in [0.25, 0.3) is 10.9 Å². The van der Waals surface area contributed by atoms with Gasteiger partial charge in [0.05, 0.1) is 35.8 Å². The van der Waals surface area contributed by atoms with Crippen molar-refractivity contribution in [3.63, 3.8) is 0 Å². The van der Waals surface area contributed by atoms with E-state index in [2.05, 4.69) is 25.5 Å². The van der Waals surface area contributed by atoms with Gasteiger partial charge in [-0.05, 0) is 37.6 Å². The van der Waals surface area contributed by atoms with Gasteiger partial charge in [-0.2, -0.15) is 0 Å². The summed E-state index contributed by atoms with van der Waals surface area (Å²) in [5.74, 6) is 0.190. The number of piperidine rings is 1. The molecule has 1 amide bonds. The van der Waals surface area contributed by atoms with Gasteiger partial charge in [-0.15, -0.1) is 36.6 Å². The normalized spacial score (nSPS) is 19.2.